The zero-order valence-electron chi connectivity index (χ0n) is 9.66. The van der Waals surface area contributed by atoms with Crippen molar-refractivity contribution in [2.45, 2.75) is 42.9 Å². The maximum Gasteiger partial charge on any atom is 0.162 e. The van der Waals surface area contributed by atoms with Gasteiger partial charge in [0.2, 0.25) is 0 Å². The Kier molecular flexibility index (Phi) is 3.30. The van der Waals surface area contributed by atoms with Crippen molar-refractivity contribution in [1.82, 2.24) is 4.90 Å². The number of hydrogen-bond donors (Lipinski definition) is 2. The third-order valence-corrected chi connectivity index (χ3v) is 4.76. The summed E-state index contributed by atoms with van der Waals surface area (Å²) in [5.74, 6) is 0. The van der Waals surface area contributed by atoms with Crippen LogP contribution in [0.15, 0.2) is 4.99 Å². The first kappa shape index (κ1) is 11.8. The molecule has 3 aliphatic rings. The second-order valence-corrected chi connectivity index (χ2v) is 5.89. The topological polar surface area (TPSA) is 65.3 Å². The van der Waals surface area contributed by atoms with Gasteiger partial charge >= 0.3 is 0 Å². The molecule has 2 N–H and O–H groups in total. The van der Waals surface area contributed by atoms with Crippen molar-refractivity contribution in [2.24, 2.45) is 4.99 Å². The monoisotopic (exact) mass is 258 g/mol. The summed E-state index contributed by atoms with van der Waals surface area (Å²) in [5.41, 5.74) is -0.119. The third kappa shape index (κ3) is 2.19. The van der Waals surface area contributed by atoms with Crippen LogP contribution in [0.3, 0.4) is 0 Å². The lowest BCUT2D eigenvalue weighted by Gasteiger charge is -2.33. The van der Waals surface area contributed by atoms with Gasteiger partial charge in [-0.15, -0.1) is 0 Å². The summed E-state index contributed by atoms with van der Waals surface area (Å²) in [6, 6.07) is -0.154. The SMILES string of the molecule is OC[C@@H]1C[C@H](O)[C@H]2N=C(N3CCCC3)S[C@H]2O1. The Labute approximate surface area is 105 Å². The molecule has 0 aromatic carbocycles. The standard InChI is InChI=1S/C11H18N2O3S/c14-6-7-5-8(15)9-10(16-7)17-11(12-9)13-3-1-2-4-13/h7-10,14-15H,1-6H2/t7-,8-,9+,10+/m0/s1. The van der Waals surface area contributed by atoms with Crippen molar-refractivity contribution in [1.29, 1.82) is 0 Å². The molecule has 3 aliphatic heterocycles. The lowest BCUT2D eigenvalue weighted by molar-refractivity contribution is -0.0875. The number of aliphatic hydroxyl groups excluding tert-OH is 2. The van der Waals surface area contributed by atoms with Crippen molar-refractivity contribution in [3.63, 3.8) is 0 Å². The smallest absolute Gasteiger partial charge is 0.162 e. The van der Waals surface area contributed by atoms with Gasteiger partial charge in [-0.05, 0) is 12.8 Å². The van der Waals surface area contributed by atoms with E-state index in [1.807, 2.05) is 0 Å². The molecule has 5 nitrogen and oxygen atoms in total. The van der Waals surface area contributed by atoms with Crippen LogP contribution in [0.5, 0.6) is 0 Å². The molecule has 0 bridgehead atoms. The number of hydrogen-bond acceptors (Lipinski definition) is 6. The van der Waals surface area contributed by atoms with Gasteiger partial charge in [0.15, 0.2) is 5.17 Å². The maximum atomic E-state index is 10.0. The highest BCUT2D eigenvalue weighted by atomic mass is 32.2. The predicted octanol–water partition coefficient (Wildman–Crippen LogP) is 0.0218. The van der Waals surface area contributed by atoms with E-state index in [1.54, 1.807) is 11.8 Å². The minimum Gasteiger partial charge on any atom is -0.394 e. The van der Waals surface area contributed by atoms with Gasteiger partial charge < -0.3 is 19.8 Å². The van der Waals surface area contributed by atoms with Gasteiger partial charge in [-0.25, -0.2) is 0 Å². The maximum absolute atomic E-state index is 10.0. The fraction of sp³-hybridized carbons (Fsp3) is 0.909. The molecule has 3 rings (SSSR count). The van der Waals surface area contributed by atoms with Gasteiger partial charge in [-0.1, -0.05) is 11.8 Å². The Hall–Kier alpha value is -0.300. The number of rotatable bonds is 1. The Morgan fingerprint density at radius 1 is 1.41 bits per heavy atom. The number of amidine groups is 1. The number of fused-ring (bicyclic) bond motifs is 1. The van der Waals surface area contributed by atoms with Crippen molar-refractivity contribution >= 4 is 16.9 Å². The minimum atomic E-state index is -0.487. The largest absolute Gasteiger partial charge is 0.394 e. The molecule has 0 spiro atoms. The van der Waals surface area contributed by atoms with Crippen LogP contribution in [0, 0.1) is 0 Å². The minimum absolute atomic E-state index is 0.0279. The van der Waals surface area contributed by atoms with E-state index in [9.17, 15) is 5.11 Å². The molecular weight excluding hydrogens is 240 g/mol. The molecule has 3 heterocycles. The average molecular weight is 258 g/mol. The second-order valence-electron chi connectivity index (χ2n) is 4.83. The predicted molar refractivity (Wildman–Crippen MR) is 66.0 cm³/mol. The molecule has 0 aliphatic carbocycles. The van der Waals surface area contributed by atoms with E-state index in [4.69, 9.17) is 9.84 Å². The van der Waals surface area contributed by atoms with E-state index >= 15 is 0 Å². The quantitative estimate of drug-likeness (QED) is 0.694. The molecule has 2 saturated heterocycles. The molecule has 96 valence electrons. The summed E-state index contributed by atoms with van der Waals surface area (Å²) in [7, 11) is 0. The first-order chi connectivity index (χ1) is 8.28. The highest BCUT2D eigenvalue weighted by Crippen LogP contribution is 2.37. The first-order valence-electron chi connectivity index (χ1n) is 6.21. The molecule has 0 saturated carbocycles. The number of nitrogens with zero attached hydrogens (tertiary/aromatic N) is 2. The number of likely N-dealkylation sites (tertiary alicyclic amines) is 1. The fourth-order valence-electron chi connectivity index (χ4n) is 2.60. The lowest BCUT2D eigenvalue weighted by atomic mass is 10.0. The van der Waals surface area contributed by atoms with E-state index in [-0.39, 0.29) is 24.2 Å². The summed E-state index contributed by atoms with van der Waals surface area (Å²) < 4.78 is 5.73. The number of aliphatic imine (C=N–C) groups is 1. The second kappa shape index (κ2) is 4.76. The number of ether oxygens (including phenoxy) is 1. The van der Waals surface area contributed by atoms with Crippen LogP contribution >= 0.6 is 11.8 Å². The van der Waals surface area contributed by atoms with Crippen molar-refractivity contribution < 1.29 is 14.9 Å². The molecular formula is C11H18N2O3S. The zero-order valence-corrected chi connectivity index (χ0v) is 10.5. The molecule has 0 unspecified atom stereocenters. The lowest BCUT2D eigenvalue weighted by Crippen LogP contribution is -2.45. The van der Waals surface area contributed by atoms with Gasteiger partial charge in [0, 0.05) is 19.5 Å². The van der Waals surface area contributed by atoms with Crippen LogP contribution in [-0.4, -0.2) is 63.7 Å². The number of aliphatic hydroxyl groups is 2. The molecule has 0 amide bonds. The summed E-state index contributed by atoms with van der Waals surface area (Å²) in [6.45, 7) is 2.09. The Morgan fingerprint density at radius 2 is 2.18 bits per heavy atom. The van der Waals surface area contributed by atoms with Gasteiger partial charge in [-0.2, -0.15) is 0 Å². The molecule has 0 aromatic rings. The van der Waals surface area contributed by atoms with Crippen LogP contribution in [0.2, 0.25) is 0 Å². The molecule has 4 atom stereocenters. The summed E-state index contributed by atoms with van der Waals surface area (Å²) in [4.78, 5) is 6.86. The van der Waals surface area contributed by atoms with E-state index in [0.717, 1.165) is 18.3 Å². The van der Waals surface area contributed by atoms with E-state index in [2.05, 4.69) is 9.89 Å². The Morgan fingerprint density at radius 3 is 2.88 bits per heavy atom. The molecule has 0 radical (unpaired) electrons. The van der Waals surface area contributed by atoms with Crippen LogP contribution in [0.25, 0.3) is 0 Å². The molecule has 2 fully saturated rings. The molecule has 0 aromatic heterocycles. The van der Waals surface area contributed by atoms with Gasteiger partial charge in [-0.3, -0.25) is 4.99 Å². The van der Waals surface area contributed by atoms with E-state index in [1.165, 1.54) is 12.8 Å². The van der Waals surface area contributed by atoms with Crippen LogP contribution in [0.1, 0.15) is 19.3 Å². The summed E-state index contributed by atoms with van der Waals surface area (Å²) in [5, 5.41) is 20.1. The molecule has 17 heavy (non-hydrogen) atoms. The number of thioether (sulfide) groups is 1. The van der Waals surface area contributed by atoms with Gasteiger partial charge in [0.1, 0.15) is 11.5 Å². The van der Waals surface area contributed by atoms with Gasteiger partial charge in [0.05, 0.1) is 18.8 Å². The molecule has 6 heteroatoms. The fourth-order valence-corrected chi connectivity index (χ4v) is 3.92. The normalized spacial score (nSPS) is 41.5. The van der Waals surface area contributed by atoms with Crippen molar-refractivity contribution in [3.05, 3.63) is 0 Å². The van der Waals surface area contributed by atoms with Crippen LogP contribution in [0.4, 0.5) is 0 Å². The summed E-state index contributed by atoms with van der Waals surface area (Å²) >= 11 is 1.60. The van der Waals surface area contributed by atoms with Crippen LogP contribution < -0.4 is 0 Å². The Balaban J connectivity index is 1.70. The first-order valence-corrected chi connectivity index (χ1v) is 7.09. The average Bonchev–Trinajstić information content (AvgIpc) is 2.96. The Bertz CT molecular complexity index is 320. The van der Waals surface area contributed by atoms with Gasteiger partial charge in [0.25, 0.3) is 0 Å². The van der Waals surface area contributed by atoms with Crippen LogP contribution in [-0.2, 0) is 4.74 Å². The summed E-state index contributed by atoms with van der Waals surface area (Å²) in [6.07, 6.45) is 2.19. The zero-order chi connectivity index (χ0) is 11.8. The van der Waals surface area contributed by atoms with Crippen molar-refractivity contribution in [3.8, 4) is 0 Å². The highest BCUT2D eigenvalue weighted by molar-refractivity contribution is 8.14. The van der Waals surface area contributed by atoms with Crippen molar-refractivity contribution in [2.75, 3.05) is 19.7 Å². The van der Waals surface area contributed by atoms with E-state index < -0.39 is 6.10 Å². The third-order valence-electron chi connectivity index (χ3n) is 3.57. The highest BCUT2D eigenvalue weighted by Gasteiger charge is 2.43. The van der Waals surface area contributed by atoms with E-state index in [0.29, 0.717) is 6.42 Å².